The molecule has 0 spiro atoms. The second kappa shape index (κ2) is 5.07. The Morgan fingerprint density at radius 3 is 2.93 bits per heavy atom. The van der Waals surface area contributed by atoms with Gasteiger partial charge >= 0.3 is 5.97 Å². The molecule has 0 radical (unpaired) electrons. The lowest BCUT2D eigenvalue weighted by atomic mass is 10.2. The number of nitrogens with zero attached hydrogens (tertiary/aromatic N) is 1. The topological polar surface area (TPSA) is 59.4 Å². The molecule has 4 nitrogen and oxygen atoms in total. The number of rotatable bonds is 4. The highest BCUT2D eigenvalue weighted by atomic mass is 79.9. The summed E-state index contributed by atoms with van der Waals surface area (Å²) in [5.41, 5.74) is 0.536. The molecule has 1 aromatic heterocycles. The summed E-state index contributed by atoms with van der Waals surface area (Å²) in [5.74, 6) is -1.01. The normalized spacial score (nSPS) is 12.4. The minimum atomic E-state index is -1.01. The summed E-state index contributed by atoms with van der Waals surface area (Å²) in [5, 5.41) is 8.88. The Morgan fingerprint density at radius 1 is 1.71 bits per heavy atom. The molecule has 0 aliphatic heterocycles. The van der Waals surface area contributed by atoms with E-state index < -0.39 is 12.1 Å². The summed E-state index contributed by atoms with van der Waals surface area (Å²) >= 11 is 3.22. The molecule has 1 rings (SSSR count). The molecule has 14 heavy (non-hydrogen) atoms. The molecule has 0 saturated heterocycles. The predicted octanol–water partition coefficient (Wildman–Crippen LogP) is 2.01. The van der Waals surface area contributed by atoms with Gasteiger partial charge in [0.05, 0.1) is 0 Å². The molecule has 0 bridgehead atoms. The molecule has 0 amide bonds. The number of aromatic nitrogens is 1. The molecular weight excluding hydrogens is 250 g/mol. The number of carboxylic acids is 1. The first kappa shape index (κ1) is 11.1. The van der Waals surface area contributed by atoms with Crippen LogP contribution in [0.4, 0.5) is 0 Å². The number of aliphatic carboxylic acids is 1. The third kappa shape index (κ3) is 2.78. The molecule has 5 heteroatoms. The summed E-state index contributed by atoms with van der Waals surface area (Å²) in [6.45, 7) is 2.10. The Morgan fingerprint density at radius 2 is 2.43 bits per heavy atom. The van der Waals surface area contributed by atoms with Crippen LogP contribution in [0.15, 0.2) is 22.9 Å². The molecule has 0 aliphatic carbocycles. The van der Waals surface area contributed by atoms with Crippen molar-refractivity contribution >= 4 is 21.9 Å². The molecule has 0 aliphatic rings. The number of ether oxygens (including phenoxy) is 1. The van der Waals surface area contributed by atoms with Crippen molar-refractivity contribution in [1.29, 1.82) is 0 Å². The van der Waals surface area contributed by atoms with E-state index >= 15 is 0 Å². The third-order valence-electron chi connectivity index (χ3n) is 1.59. The number of pyridine rings is 1. The van der Waals surface area contributed by atoms with Gasteiger partial charge in [0.1, 0.15) is 0 Å². The van der Waals surface area contributed by atoms with E-state index in [-0.39, 0.29) is 0 Å². The first-order chi connectivity index (χ1) is 6.65. The van der Waals surface area contributed by atoms with E-state index in [4.69, 9.17) is 9.84 Å². The van der Waals surface area contributed by atoms with Crippen LogP contribution in [0.2, 0.25) is 0 Å². The van der Waals surface area contributed by atoms with E-state index in [0.29, 0.717) is 12.2 Å². The van der Waals surface area contributed by atoms with Crippen molar-refractivity contribution in [1.82, 2.24) is 4.98 Å². The highest BCUT2D eigenvalue weighted by Gasteiger charge is 2.20. The Kier molecular flexibility index (Phi) is 4.03. The fourth-order valence-electron chi connectivity index (χ4n) is 1.05. The number of halogens is 1. The van der Waals surface area contributed by atoms with Crippen LogP contribution in [0.3, 0.4) is 0 Å². The van der Waals surface area contributed by atoms with Crippen LogP contribution in [-0.2, 0) is 9.53 Å². The zero-order chi connectivity index (χ0) is 10.6. The Hall–Kier alpha value is -0.940. The van der Waals surface area contributed by atoms with Crippen molar-refractivity contribution in [2.24, 2.45) is 0 Å². The SMILES string of the molecule is CCOC(C(=O)O)c1cncc(Br)c1. The summed E-state index contributed by atoms with van der Waals surface area (Å²) in [6, 6.07) is 1.68. The summed E-state index contributed by atoms with van der Waals surface area (Å²) in [4.78, 5) is 14.7. The molecule has 76 valence electrons. The molecule has 1 unspecified atom stereocenters. The molecule has 1 heterocycles. The zero-order valence-corrected chi connectivity index (χ0v) is 9.19. The maximum atomic E-state index is 10.8. The first-order valence-corrected chi connectivity index (χ1v) is 4.89. The minimum Gasteiger partial charge on any atom is -0.479 e. The van der Waals surface area contributed by atoms with Crippen molar-refractivity contribution in [2.75, 3.05) is 6.61 Å². The van der Waals surface area contributed by atoms with Crippen LogP contribution in [0.5, 0.6) is 0 Å². The van der Waals surface area contributed by atoms with Gasteiger partial charge in [-0.15, -0.1) is 0 Å². The van der Waals surface area contributed by atoms with Gasteiger partial charge in [-0.2, -0.15) is 0 Å². The van der Waals surface area contributed by atoms with Crippen molar-refractivity contribution in [3.8, 4) is 0 Å². The molecule has 0 aromatic carbocycles. The van der Waals surface area contributed by atoms with Crippen molar-refractivity contribution in [2.45, 2.75) is 13.0 Å². The standard InChI is InChI=1S/C9H10BrNO3/c1-2-14-8(9(12)13)6-3-7(10)5-11-4-6/h3-5,8H,2H2,1H3,(H,12,13). The quantitative estimate of drug-likeness (QED) is 0.899. The molecule has 1 atom stereocenters. The van der Waals surface area contributed by atoms with Gasteiger partial charge in [0.15, 0.2) is 6.10 Å². The number of carboxylic acid groups (broad SMARTS) is 1. The monoisotopic (exact) mass is 259 g/mol. The van der Waals surface area contributed by atoms with Gasteiger partial charge < -0.3 is 9.84 Å². The van der Waals surface area contributed by atoms with Crippen LogP contribution in [0.1, 0.15) is 18.6 Å². The van der Waals surface area contributed by atoms with Gasteiger partial charge in [-0.1, -0.05) is 0 Å². The third-order valence-corrected chi connectivity index (χ3v) is 2.02. The molecule has 0 fully saturated rings. The lowest BCUT2D eigenvalue weighted by molar-refractivity contribution is -0.150. The average molecular weight is 260 g/mol. The van der Waals surface area contributed by atoms with Gasteiger partial charge in [-0.3, -0.25) is 4.98 Å². The van der Waals surface area contributed by atoms with Crippen molar-refractivity contribution in [3.63, 3.8) is 0 Å². The number of carbonyl (C=O) groups is 1. The second-order valence-corrected chi connectivity index (χ2v) is 3.53. The van der Waals surface area contributed by atoms with Gasteiger partial charge in [-0.25, -0.2) is 4.79 Å². The smallest absolute Gasteiger partial charge is 0.337 e. The Balaban J connectivity index is 2.93. The molecule has 0 saturated carbocycles. The highest BCUT2D eigenvalue weighted by molar-refractivity contribution is 9.10. The minimum absolute atomic E-state index is 0.351. The van der Waals surface area contributed by atoms with Crippen molar-refractivity contribution < 1.29 is 14.6 Å². The van der Waals surface area contributed by atoms with Crippen LogP contribution < -0.4 is 0 Å². The van der Waals surface area contributed by atoms with E-state index in [1.165, 1.54) is 6.20 Å². The second-order valence-electron chi connectivity index (χ2n) is 2.61. The van der Waals surface area contributed by atoms with E-state index in [1.807, 2.05) is 0 Å². The van der Waals surface area contributed by atoms with Crippen LogP contribution in [0, 0.1) is 0 Å². The van der Waals surface area contributed by atoms with Gasteiger partial charge in [0.25, 0.3) is 0 Å². The molecule has 1 aromatic rings. The van der Waals surface area contributed by atoms with Crippen LogP contribution >= 0.6 is 15.9 Å². The fraction of sp³-hybridized carbons (Fsp3) is 0.333. The average Bonchev–Trinajstić information content (AvgIpc) is 2.13. The van der Waals surface area contributed by atoms with Crippen LogP contribution in [-0.4, -0.2) is 22.7 Å². The van der Waals surface area contributed by atoms with E-state index in [1.54, 1.807) is 19.2 Å². The van der Waals surface area contributed by atoms with E-state index in [9.17, 15) is 4.79 Å². The summed E-state index contributed by atoms with van der Waals surface area (Å²) < 4.78 is 5.82. The van der Waals surface area contributed by atoms with Gasteiger partial charge in [-0.05, 0) is 28.9 Å². The van der Waals surface area contributed by atoms with Gasteiger partial charge in [0.2, 0.25) is 0 Å². The molecular formula is C9H10BrNO3. The predicted molar refractivity (Wildman–Crippen MR) is 53.9 cm³/mol. The number of hydrogen-bond donors (Lipinski definition) is 1. The summed E-state index contributed by atoms with van der Waals surface area (Å²) in [6.07, 6.45) is 2.14. The Bertz CT molecular complexity index is 330. The maximum Gasteiger partial charge on any atom is 0.337 e. The van der Waals surface area contributed by atoms with Crippen LogP contribution in [0.25, 0.3) is 0 Å². The molecule has 1 N–H and O–H groups in total. The highest BCUT2D eigenvalue weighted by Crippen LogP contribution is 2.20. The lowest BCUT2D eigenvalue weighted by Crippen LogP contribution is -2.15. The lowest BCUT2D eigenvalue weighted by Gasteiger charge is -2.11. The van der Waals surface area contributed by atoms with E-state index in [2.05, 4.69) is 20.9 Å². The largest absolute Gasteiger partial charge is 0.479 e. The van der Waals surface area contributed by atoms with Gasteiger partial charge in [0, 0.05) is 29.0 Å². The Labute approximate surface area is 90.0 Å². The summed E-state index contributed by atoms with van der Waals surface area (Å²) in [7, 11) is 0. The number of hydrogen-bond acceptors (Lipinski definition) is 3. The van der Waals surface area contributed by atoms with Crippen molar-refractivity contribution in [3.05, 3.63) is 28.5 Å². The fourth-order valence-corrected chi connectivity index (χ4v) is 1.43. The zero-order valence-electron chi connectivity index (χ0n) is 7.61. The van der Waals surface area contributed by atoms with E-state index in [0.717, 1.165) is 4.47 Å². The first-order valence-electron chi connectivity index (χ1n) is 4.10. The maximum absolute atomic E-state index is 10.8.